The van der Waals surface area contributed by atoms with Gasteiger partial charge >= 0.3 is 5.97 Å². The van der Waals surface area contributed by atoms with Gasteiger partial charge in [-0.25, -0.2) is 0 Å². The molecule has 0 bridgehead atoms. The van der Waals surface area contributed by atoms with Crippen molar-refractivity contribution in [2.24, 2.45) is 0 Å². The van der Waals surface area contributed by atoms with Crippen LogP contribution in [0.1, 0.15) is 17.7 Å². The molecular formula is C21H24N2O3S. The number of likely N-dealkylation sites (N-methyl/N-ethyl adjacent to an activating group) is 1. The van der Waals surface area contributed by atoms with E-state index in [9.17, 15) is 9.59 Å². The Morgan fingerprint density at radius 3 is 2.44 bits per heavy atom. The number of carbonyl (C=O) groups is 2. The minimum absolute atomic E-state index is 0.182. The fraction of sp³-hybridized carbons (Fsp3) is 0.333. The molecule has 1 amide bonds. The third-order valence-corrected chi connectivity index (χ3v) is 5.76. The van der Waals surface area contributed by atoms with Gasteiger partial charge in [0.25, 0.3) is 5.91 Å². The average molecular weight is 385 g/mol. The second-order valence-corrected chi connectivity index (χ2v) is 7.92. The first-order chi connectivity index (χ1) is 13.0. The number of amides is 1. The molecule has 0 aliphatic carbocycles. The van der Waals surface area contributed by atoms with Crippen LogP contribution in [0.2, 0.25) is 0 Å². The number of ether oxygens (including phenoxy) is 1. The van der Waals surface area contributed by atoms with Crippen LogP contribution < -0.4 is 4.90 Å². The Bertz CT molecular complexity index is 810. The van der Waals surface area contributed by atoms with Gasteiger partial charge in [-0.2, -0.15) is 0 Å². The normalized spacial score (nSPS) is 19.6. The maximum atomic E-state index is 13.5. The molecule has 3 rings (SSSR count). The van der Waals surface area contributed by atoms with Crippen molar-refractivity contribution in [3.05, 3.63) is 60.2 Å². The summed E-state index contributed by atoms with van der Waals surface area (Å²) in [4.78, 5) is 30.0. The topological polar surface area (TPSA) is 49.9 Å². The molecule has 142 valence electrons. The van der Waals surface area contributed by atoms with Crippen molar-refractivity contribution in [2.45, 2.75) is 23.2 Å². The highest BCUT2D eigenvalue weighted by atomic mass is 32.2. The smallest absolute Gasteiger partial charge is 0.303 e. The number of nitrogens with zero attached hydrogens (tertiary/aromatic N) is 2. The molecule has 1 heterocycles. The van der Waals surface area contributed by atoms with Gasteiger partial charge in [-0.1, -0.05) is 42.5 Å². The van der Waals surface area contributed by atoms with Gasteiger partial charge in [0.2, 0.25) is 0 Å². The average Bonchev–Trinajstić information content (AvgIpc) is 2.76. The van der Waals surface area contributed by atoms with Crippen LogP contribution in [-0.2, 0) is 14.3 Å². The van der Waals surface area contributed by atoms with Crippen molar-refractivity contribution < 1.29 is 14.3 Å². The number of rotatable bonds is 5. The standard InChI is InChI=1S/C21H24N2O3S/c1-15(24)26-19-20(16-9-5-4-6-10-16)27-18-12-8-7-11-17(18)23(21(19)25)14-13-22(2)3/h4-12,19-20H,13-14H2,1-3H3/t19-,20+/m1/s1. The van der Waals surface area contributed by atoms with E-state index in [1.807, 2.05) is 73.6 Å². The van der Waals surface area contributed by atoms with Crippen LogP contribution in [0.15, 0.2) is 59.5 Å². The predicted molar refractivity (Wildman–Crippen MR) is 108 cm³/mol. The zero-order valence-electron chi connectivity index (χ0n) is 15.8. The number of para-hydroxylation sites is 1. The van der Waals surface area contributed by atoms with Gasteiger partial charge in [-0.3, -0.25) is 9.59 Å². The lowest BCUT2D eigenvalue weighted by molar-refractivity contribution is -0.152. The lowest BCUT2D eigenvalue weighted by atomic mass is 10.1. The molecule has 27 heavy (non-hydrogen) atoms. The molecule has 1 aliphatic heterocycles. The summed E-state index contributed by atoms with van der Waals surface area (Å²) in [5, 5.41) is -0.298. The van der Waals surface area contributed by atoms with Gasteiger partial charge in [0.1, 0.15) is 0 Å². The maximum Gasteiger partial charge on any atom is 0.303 e. The molecule has 2 aromatic carbocycles. The molecule has 0 radical (unpaired) electrons. The Hall–Kier alpha value is -2.31. The number of thioether (sulfide) groups is 1. The first-order valence-electron chi connectivity index (χ1n) is 8.91. The second-order valence-electron chi connectivity index (χ2n) is 6.74. The lowest BCUT2D eigenvalue weighted by Gasteiger charge is -2.28. The van der Waals surface area contributed by atoms with Crippen molar-refractivity contribution >= 4 is 29.3 Å². The number of hydrogen-bond donors (Lipinski definition) is 0. The molecular weight excluding hydrogens is 360 g/mol. The number of anilines is 1. The number of hydrogen-bond acceptors (Lipinski definition) is 5. The third kappa shape index (κ3) is 4.51. The fourth-order valence-electron chi connectivity index (χ4n) is 3.09. The highest BCUT2D eigenvalue weighted by molar-refractivity contribution is 7.99. The van der Waals surface area contributed by atoms with Crippen molar-refractivity contribution in [1.29, 1.82) is 0 Å². The quantitative estimate of drug-likeness (QED) is 0.740. The summed E-state index contributed by atoms with van der Waals surface area (Å²) in [6, 6.07) is 17.6. The van der Waals surface area contributed by atoms with E-state index in [2.05, 4.69) is 0 Å². The molecule has 1 aliphatic rings. The second kappa shape index (κ2) is 8.59. The minimum Gasteiger partial charge on any atom is -0.451 e. The first kappa shape index (κ1) is 19.5. The van der Waals surface area contributed by atoms with Crippen LogP contribution in [-0.4, -0.2) is 50.1 Å². The molecule has 0 saturated heterocycles. The Balaban J connectivity index is 2.06. The molecule has 6 heteroatoms. The molecule has 0 N–H and O–H groups in total. The number of fused-ring (bicyclic) bond motifs is 1. The highest BCUT2D eigenvalue weighted by Gasteiger charge is 2.40. The van der Waals surface area contributed by atoms with E-state index in [0.29, 0.717) is 13.1 Å². The Morgan fingerprint density at radius 1 is 1.11 bits per heavy atom. The monoisotopic (exact) mass is 384 g/mol. The predicted octanol–water partition coefficient (Wildman–Crippen LogP) is 3.36. The lowest BCUT2D eigenvalue weighted by Crippen LogP contribution is -2.45. The van der Waals surface area contributed by atoms with Crippen molar-refractivity contribution in [1.82, 2.24) is 4.90 Å². The number of esters is 1. The van der Waals surface area contributed by atoms with E-state index in [-0.39, 0.29) is 11.2 Å². The summed E-state index contributed by atoms with van der Waals surface area (Å²) in [7, 11) is 3.94. The van der Waals surface area contributed by atoms with Gasteiger partial charge in [-0.05, 0) is 31.8 Å². The van der Waals surface area contributed by atoms with Crippen LogP contribution in [0.3, 0.4) is 0 Å². The van der Waals surface area contributed by atoms with Gasteiger partial charge in [0.05, 0.1) is 10.9 Å². The molecule has 0 aromatic heterocycles. The van der Waals surface area contributed by atoms with E-state index in [1.54, 1.807) is 16.7 Å². The molecule has 0 fully saturated rings. The van der Waals surface area contributed by atoms with Gasteiger partial charge in [0, 0.05) is 24.9 Å². The summed E-state index contributed by atoms with van der Waals surface area (Å²) in [6.45, 7) is 2.60. The van der Waals surface area contributed by atoms with Crippen molar-refractivity contribution in [3.63, 3.8) is 0 Å². The first-order valence-corrected chi connectivity index (χ1v) is 9.79. The van der Waals surface area contributed by atoms with Crippen molar-refractivity contribution in [2.75, 3.05) is 32.1 Å². The SMILES string of the molecule is CC(=O)O[C@H]1C(=O)N(CCN(C)C)c2ccccc2S[C@H]1c1ccccc1. The van der Waals surface area contributed by atoms with E-state index in [1.165, 1.54) is 6.92 Å². The summed E-state index contributed by atoms with van der Waals surface area (Å²) in [5.41, 5.74) is 1.83. The van der Waals surface area contributed by atoms with Gasteiger partial charge < -0.3 is 14.5 Å². The summed E-state index contributed by atoms with van der Waals surface area (Å²) < 4.78 is 5.55. The minimum atomic E-state index is -0.871. The molecule has 2 atom stereocenters. The summed E-state index contributed by atoms with van der Waals surface area (Å²) in [5.74, 6) is -0.633. The van der Waals surface area contributed by atoms with Crippen molar-refractivity contribution in [3.8, 4) is 0 Å². The fourth-order valence-corrected chi connectivity index (χ4v) is 4.41. The molecule has 0 spiro atoms. The summed E-state index contributed by atoms with van der Waals surface area (Å²) >= 11 is 1.57. The van der Waals surface area contributed by atoms with Crippen LogP contribution in [0.25, 0.3) is 0 Å². The zero-order chi connectivity index (χ0) is 19.4. The third-order valence-electron chi connectivity index (χ3n) is 4.39. The maximum absolute atomic E-state index is 13.5. The molecule has 0 unspecified atom stereocenters. The van der Waals surface area contributed by atoms with E-state index < -0.39 is 12.1 Å². The van der Waals surface area contributed by atoms with Gasteiger partial charge in [-0.15, -0.1) is 11.8 Å². The van der Waals surface area contributed by atoms with Crippen LogP contribution in [0.4, 0.5) is 5.69 Å². The van der Waals surface area contributed by atoms with Crippen LogP contribution in [0, 0.1) is 0 Å². The van der Waals surface area contributed by atoms with E-state index >= 15 is 0 Å². The number of carbonyl (C=O) groups excluding carboxylic acids is 2. The molecule has 0 saturated carbocycles. The summed E-state index contributed by atoms with van der Waals surface area (Å²) in [6.07, 6.45) is -0.871. The van der Waals surface area contributed by atoms with E-state index in [4.69, 9.17) is 4.74 Å². The van der Waals surface area contributed by atoms with Gasteiger partial charge in [0.15, 0.2) is 6.10 Å². The largest absolute Gasteiger partial charge is 0.451 e. The Morgan fingerprint density at radius 2 is 1.78 bits per heavy atom. The Kier molecular flexibility index (Phi) is 6.19. The molecule has 5 nitrogen and oxygen atoms in total. The Labute approximate surface area is 164 Å². The van der Waals surface area contributed by atoms with E-state index in [0.717, 1.165) is 16.1 Å². The van der Waals surface area contributed by atoms with Crippen LogP contribution >= 0.6 is 11.8 Å². The highest BCUT2D eigenvalue weighted by Crippen LogP contribution is 2.46. The molecule has 2 aromatic rings. The van der Waals surface area contributed by atoms with Crippen LogP contribution in [0.5, 0.6) is 0 Å². The number of benzene rings is 2. The zero-order valence-corrected chi connectivity index (χ0v) is 16.6.